The Kier molecular flexibility index (Phi) is 3.96. The van der Waals surface area contributed by atoms with Gasteiger partial charge in [0.05, 0.1) is 5.69 Å². The van der Waals surface area contributed by atoms with Crippen molar-refractivity contribution >= 4 is 15.9 Å². The van der Waals surface area contributed by atoms with Crippen LogP contribution in [-0.2, 0) is 12.7 Å². The molecule has 0 radical (unpaired) electrons. The second-order valence-electron chi connectivity index (χ2n) is 3.96. The summed E-state index contributed by atoms with van der Waals surface area (Å²) in [6.45, 7) is 0.686. The second-order valence-corrected chi connectivity index (χ2v) is 4.81. The molecule has 102 valence electrons. The molecule has 0 aliphatic heterocycles. The third kappa shape index (κ3) is 3.16. The summed E-state index contributed by atoms with van der Waals surface area (Å²) in [7, 11) is 1.82. The standard InChI is InChI=1S/C12H11BrF3N3/c1-17-7-8-2-3-10(9(13)6-8)19-5-4-11(18-19)12(14,15)16/h2-6,17H,7H2,1H3. The van der Waals surface area contributed by atoms with Gasteiger partial charge in [-0.1, -0.05) is 6.07 Å². The van der Waals surface area contributed by atoms with Gasteiger partial charge in [0.2, 0.25) is 0 Å². The third-order valence-corrected chi connectivity index (χ3v) is 3.15. The number of nitrogens with zero attached hydrogens (tertiary/aromatic N) is 2. The van der Waals surface area contributed by atoms with Crippen molar-refractivity contribution in [1.82, 2.24) is 15.1 Å². The van der Waals surface area contributed by atoms with Crippen molar-refractivity contribution in [3.63, 3.8) is 0 Å². The smallest absolute Gasteiger partial charge is 0.316 e. The van der Waals surface area contributed by atoms with Crippen molar-refractivity contribution in [1.29, 1.82) is 0 Å². The van der Waals surface area contributed by atoms with Crippen LogP contribution in [0.5, 0.6) is 0 Å². The Morgan fingerprint density at radius 3 is 2.58 bits per heavy atom. The molecule has 0 amide bonds. The molecule has 0 spiro atoms. The maximum Gasteiger partial charge on any atom is 0.435 e. The van der Waals surface area contributed by atoms with E-state index in [1.54, 1.807) is 6.07 Å². The summed E-state index contributed by atoms with van der Waals surface area (Å²) in [5.74, 6) is 0. The number of hydrogen-bond acceptors (Lipinski definition) is 2. The van der Waals surface area contributed by atoms with Crippen LogP contribution in [0.3, 0.4) is 0 Å². The molecule has 2 aromatic rings. The zero-order valence-electron chi connectivity index (χ0n) is 10.0. The number of rotatable bonds is 3. The monoisotopic (exact) mass is 333 g/mol. The molecule has 7 heteroatoms. The van der Waals surface area contributed by atoms with Crippen LogP contribution in [0.2, 0.25) is 0 Å². The van der Waals surface area contributed by atoms with Crippen LogP contribution in [0.1, 0.15) is 11.3 Å². The number of aromatic nitrogens is 2. The van der Waals surface area contributed by atoms with Gasteiger partial charge in [-0.05, 0) is 46.7 Å². The van der Waals surface area contributed by atoms with Crippen molar-refractivity contribution in [2.75, 3.05) is 7.05 Å². The molecule has 0 saturated heterocycles. The van der Waals surface area contributed by atoms with Gasteiger partial charge < -0.3 is 5.32 Å². The van der Waals surface area contributed by atoms with Crippen LogP contribution < -0.4 is 5.32 Å². The van der Waals surface area contributed by atoms with Crippen LogP contribution in [-0.4, -0.2) is 16.8 Å². The molecule has 2 rings (SSSR count). The number of nitrogens with one attached hydrogen (secondary N) is 1. The molecule has 3 nitrogen and oxygen atoms in total. The van der Waals surface area contributed by atoms with Gasteiger partial charge in [-0.3, -0.25) is 0 Å². The summed E-state index contributed by atoms with van der Waals surface area (Å²) >= 11 is 3.34. The van der Waals surface area contributed by atoms with Crippen molar-refractivity contribution < 1.29 is 13.2 Å². The number of hydrogen-bond donors (Lipinski definition) is 1. The highest BCUT2D eigenvalue weighted by Gasteiger charge is 2.33. The third-order valence-electron chi connectivity index (χ3n) is 2.52. The van der Waals surface area contributed by atoms with Crippen LogP contribution in [0.15, 0.2) is 34.9 Å². The van der Waals surface area contributed by atoms with Gasteiger partial charge in [0.1, 0.15) is 0 Å². The molecule has 1 aromatic heterocycles. The van der Waals surface area contributed by atoms with Gasteiger partial charge in [0.15, 0.2) is 5.69 Å². The van der Waals surface area contributed by atoms with E-state index in [0.29, 0.717) is 16.7 Å². The molecular formula is C12H11BrF3N3. The Labute approximate surface area is 116 Å². The van der Waals surface area contributed by atoms with Gasteiger partial charge in [-0.25, -0.2) is 4.68 Å². The Balaban J connectivity index is 2.34. The van der Waals surface area contributed by atoms with E-state index in [-0.39, 0.29) is 0 Å². The normalized spacial score (nSPS) is 11.8. The minimum atomic E-state index is -4.43. The molecule has 0 bridgehead atoms. The maximum absolute atomic E-state index is 12.5. The molecule has 1 heterocycles. The second kappa shape index (κ2) is 5.34. The molecular weight excluding hydrogens is 323 g/mol. The molecule has 1 N–H and O–H groups in total. The van der Waals surface area contributed by atoms with Gasteiger partial charge in [-0.15, -0.1) is 0 Å². The lowest BCUT2D eigenvalue weighted by Crippen LogP contribution is -2.08. The highest BCUT2D eigenvalue weighted by atomic mass is 79.9. The molecule has 1 aromatic carbocycles. The highest BCUT2D eigenvalue weighted by molar-refractivity contribution is 9.10. The first kappa shape index (κ1) is 14.1. The summed E-state index contributed by atoms with van der Waals surface area (Å²) in [6, 6.07) is 6.37. The molecule has 0 unspecified atom stereocenters. The fourth-order valence-corrected chi connectivity index (χ4v) is 2.27. The van der Waals surface area contributed by atoms with Gasteiger partial charge in [0.25, 0.3) is 0 Å². The van der Waals surface area contributed by atoms with Gasteiger partial charge in [-0.2, -0.15) is 18.3 Å². The Morgan fingerprint density at radius 1 is 1.32 bits per heavy atom. The van der Waals surface area contributed by atoms with E-state index >= 15 is 0 Å². The van der Waals surface area contributed by atoms with Crippen molar-refractivity contribution in [2.24, 2.45) is 0 Å². The average Bonchev–Trinajstić information content (AvgIpc) is 2.78. The van der Waals surface area contributed by atoms with E-state index in [0.717, 1.165) is 11.6 Å². The van der Waals surface area contributed by atoms with E-state index in [9.17, 15) is 13.2 Å². The minimum Gasteiger partial charge on any atom is -0.316 e. The number of halogens is 4. The molecule has 0 aliphatic carbocycles. The number of alkyl halides is 3. The Bertz CT molecular complexity index is 578. The lowest BCUT2D eigenvalue weighted by Gasteiger charge is -2.07. The van der Waals surface area contributed by atoms with E-state index in [2.05, 4.69) is 26.3 Å². The van der Waals surface area contributed by atoms with Gasteiger partial charge in [0, 0.05) is 17.2 Å². The number of benzene rings is 1. The predicted molar refractivity (Wildman–Crippen MR) is 69.0 cm³/mol. The van der Waals surface area contributed by atoms with E-state index in [4.69, 9.17) is 0 Å². The predicted octanol–water partition coefficient (Wildman–Crippen LogP) is 3.37. The van der Waals surface area contributed by atoms with Crippen LogP contribution in [0.25, 0.3) is 5.69 Å². The minimum absolute atomic E-state index is 0.565. The first-order chi connectivity index (χ1) is 8.91. The van der Waals surface area contributed by atoms with Crippen molar-refractivity contribution in [3.8, 4) is 5.69 Å². The van der Waals surface area contributed by atoms with Crippen molar-refractivity contribution in [3.05, 3.63) is 46.2 Å². The van der Waals surface area contributed by atoms with Crippen LogP contribution in [0, 0.1) is 0 Å². The average molecular weight is 334 g/mol. The SMILES string of the molecule is CNCc1ccc(-n2ccc(C(F)(F)F)n2)c(Br)c1. The first-order valence-corrected chi connectivity index (χ1v) is 6.27. The summed E-state index contributed by atoms with van der Waals surface area (Å²) in [4.78, 5) is 0. The quantitative estimate of drug-likeness (QED) is 0.933. The van der Waals surface area contributed by atoms with Crippen molar-refractivity contribution in [2.45, 2.75) is 12.7 Å². The summed E-state index contributed by atoms with van der Waals surface area (Å²) in [5.41, 5.74) is 0.690. The fraction of sp³-hybridized carbons (Fsp3) is 0.250. The largest absolute Gasteiger partial charge is 0.435 e. The molecule has 0 fully saturated rings. The highest BCUT2D eigenvalue weighted by Crippen LogP contribution is 2.29. The van der Waals surface area contributed by atoms with Crippen LogP contribution in [0.4, 0.5) is 13.2 Å². The van der Waals surface area contributed by atoms with Crippen LogP contribution >= 0.6 is 15.9 Å². The zero-order chi connectivity index (χ0) is 14.0. The molecule has 0 atom stereocenters. The molecule has 19 heavy (non-hydrogen) atoms. The lowest BCUT2D eigenvalue weighted by molar-refractivity contribution is -0.141. The molecule has 0 saturated carbocycles. The van der Waals surface area contributed by atoms with E-state index in [1.807, 2.05) is 19.2 Å². The summed E-state index contributed by atoms with van der Waals surface area (Å²) in [6.07, 6.45) is -3.13. The van der Waals surface area contributed by atoms with E-state index in [1.165, 1.54) is 10.9 Å². The Hall–Kier alpha value is -1.34. The topological polar surface area (TPSA) is 29.9 Å². The zero-order valence-corrected chi connectivity index (χ0v) is 11.6. The first-order valence-electron chi connectivity index (χ1n) is 5.48. The summed E-state index contributed by atoms with van der Waals surface area (Å²) in [5, 5.41) is 6.54. The maximum atomic E-state index is 12.5. The van der Waals surface area contributed by atoms with E-state index < -0.39 is 11.9 Å². The Morgan fingerprint density at radius 2 is 2.05 bits per heavy atom. The summed E-state index contributed by atoms with van der Waals surface area (Å²) < 4.78 is 39.4. The molecule has 0 aliphatic rings. The fourth-order valence-electron chi connectivity index (χ4n) is 1.66. The lowest BCUT2D eigenvalue weighted by atomic mass is 10.2. The van der Waals surface area contributed by atoms with Gasteiger partial charge >= 0.3 is 6.18 Å².